The molecule has 3 nitrogen and oxygen atoms in total. The smallest absolute Gasteiger partial charge is 0.0783 e. The highest BCUT2D eigenvalue weighted by Crippen LogP contribution is 1.96. The van der Waals surface area contributed by atoms with Gasteiger partial charge in [0.15, 0.2) is 0 Å². The molecule has 0 aliphatic carbocycles. The largest absolute Gasteiger partial charge is 0.394 e. The Hall–Kier alpha value is -0.120. The van der Waals surface area contributed by atoms with E-state index in [9.17, 15) is 0 Å². The Morgan fingerprint density at radius 2 is 1.83 bits per heavy atom. The molecular formula is C9H21NO2. The van der Waals surface area contributed by atoms with Gasteiger partial charge in [0.25, 0.3) is 0 Å². The minimum Gasteiger partial charge on any atom is -0.394 e. The van der Waals surface area contributed by atoms with Crippen LogP contribution in [0.2, 0.25) is 0 Å². The molecule has 0 unspecified atom stereocenters. The molecule has 0 spiro atoms. The summed E-state index contributed by atoms with van der Waals surface area (Å²) in [6, 6.07) is 0.552. The number of rotatable bonds is 7. The Kier molecular flexibility index (Phi) is 7.45. The Morgan fingerprint density at radius 1 is 1.25 bits per heavy atom. The molecule has 1 atom stereocenters. The highest BCUT2D eigenvalue weighted by molar-refractivity contribution is 4.63. The van der Waals surface area contributed by atoms with Gasteiger partial charge in [-0.3, -0.25) is 0 Å². The van der Waals surface area contributed by atoms with Crippen LogP contribution in [0.4, 0.5) is 0 Å². The van der Waals surface area contributed by atoms with Crippen LogP contribution in [0.3, 0.4) is 0 Å². The van der Waals surface area contributed by atoms with Gasteiger partial charge in [0, 0.05) is 6.04 Å². The summed E-state index contributed by atoms with van der Waals surface area (Å²) in [5.41, 5.74) is 0. The molecule has 0 aromatic heterocycles. The molecule has 12 heavy (non-hydrogen) atoms. The molecule has 3 heteroatoms. The lowest BCUT2D eigenvalue weighted by atomic mass is 10.1. The molecule has 3 N–H and O–H groups in total. The number of aliphatic hydroxyl groups excluding tert-OH is 2. The molecule has 0 saturated carbocycles. The summed E-state index contributed by atoms with van der Waals surface area (Å²) in [6.45, 7) is 4.94. The molecular weight excluding hydrogens is 154 g/mol. The van der Waals surface area contributed by atoms with Crippen LogP contribution in [0.5, 0.6) is 0 Å². The van der Waals surface area contributed by atoms with Gasteiger partial charge < -0.3 is 15.5 Å². The van der Waals surface area contributed by atoms with Crippen molar-refractivity contribution in [3.63, 3.8) is 0 Å². The van der Waals surface area contributed by atoms with Crippen molar-refractivity contribution in [3.8, 4) is 0 Å². The summed E-state index contributed by atoms with van der Waals surface area (Å²) in [7, 11) is 0. The second kappa shape index (κ2) is 7.53. The van der Waals surface area contributed by atoms with Gasteiger partial charge in [-0.2, -0.15) is 0 Å². The van der Waals surface area contributed by atoms with Gasteiger partial charge in [0.2, 0.25) is 0 Å². The Bertz CT molecular complexity index is 94.5. The van der Waals surface area contributed by atoms with Gasteiger partial charge in [-0.25, -0.2) is 0 Å². The number of hydrogen-bond acceptors (Lipinski definition) is 3. The van der Waals surface area contributed by atoms with E-state index in [-0.39, 0.29) is 6.61 Å². The average molecular weight is 175 g/mol. The number of nitrogens with one attached hydrogen (secondary N) is 1. The molecule has 0 fully saturated rings. The van der Waals surface area contributed by atoms with E-state index in [4.69, 9.17) is 10.2 Å². The van der Waals surface area contributed by atoms with E-state index in [0.29, 0.717) is 12.5 Å². The molecule has 0 aliphatic rings. The summed E-state index contributed by atoms with van der Waals surface area (Å²) in [6.07, 6.45) is 2.30. The molecule has 0 amide bonds. The fourth-order valence-electron chi connectivity index (χ4n) is 1.12. The minimum absolute atomic E-state index is 0.134. The van der Waals surface area contributed by atoms with E-state index in [0.717, 1.165) is 19.4 Å². The van der Waals surface area contributed by atoms with E-state index in [1.54, 1.807) is 0 Å². The zero-order chi connectivity index (χ0) is 9.40. The maximum atomic E-state index is 9.03. The van der Waals surface area contributed by atoms with Crippen LogP contribution < -0.4 is 5.32 Å². The predicted octanol–water partition coefficient (Wildman–Crippen LogP) is 0.508. The predicted molar refractivity (Wildman–Crippen MR) is 50.1 cm³/mol. The maximum absolute atomic E-state index is 9.03. The second-order valence-corrected chi connectivity index (χ2v) is 3.09. The minimum atomic E-state index is -0.563. The molecule has 0 bridgehead atoms. The SMILES string of the molecule is CCC(CC)NCC[C@H](O)CO. The topological polar surface area (TPSA) is 52.5 Å². The van der Waals surface area contributed by atoms with Gasteiger partial charge in [-0.1, -0.05) is 13.8 Å². The van der Waals surface area contributed by atoms with Gasteiger partial charge in [-0.05, 0) is 25.8 Å². The van der Waals surface area contributed by atoms with E-state index in [1.165, 1.54) is 0 Å². The second-order valence-electron chi connectivity index (χ2n) is 3.09. The molecule has 0 aliphatic heterocycles. The van der Waals surface area contributed by atoms with Crippen LogP contribution in [0, 0.1) is 0 Å². The molecule has 0 rings (SSSR count). The third-order valence-electron chi connectivity index (χ3n) is 2.11. The van der Waals surface area contributed by atoms with Crippen molar-refractivity contribution in [2.24, 2.45) is 0 Å². The molecule has 0 radical (unpaired) electrons. The van der Waals surface area contributed by atoms with Crippen LogP contribution >= 0.6 is 0 Å². The van der Waals surface area contributed by atoms with Crippen LogP contribution in [0.1, 0.15) is 33.1 Å². The normalized spacial score (nSPS) is 13.8. The van der Waals surface area contributed by atoms with Crippen molar-refractivity contribution in [3.05, 3.63) is 0 Å². The van der Waals surface area contributed by atoms with Crippen molar-refractivity contribution in [2.75, 3.05) is 13.2 Å². The first-order chi connectivity index (χ1) is 5.74. The first kappa shape index (κ1) is 11.9. The van der Waals surface area contributed by atoms with Crippen molar-refractivity contribution in [1.82, 2.24) is 5.32 Å². The number of aliphatic hydroxyl groups is 2. The van der Waals surface area contributed by atoms with E-state index in [2.05, 4.69) is 19.2 Å². The zero-order valence-corrected chi connectivity index (χ0v) is 8.08. The monoisotopic (exact) mass is 175 g/mol. The van der Waals surface area contributed by atoms with Gasteiger partial charge in [0.1, 0.15) is 0 Å². The van der Waals surface area contributed by atoms with Gasteiger partial charge >= 0.3 is 0 Å². The van der Waals surface area contributed by atoms with Crippen molar-refractivity contribution in [1.29, 1.82) is 0 Å². The first-order valence-corrected chi connectivity index (χ1v) is 4.76. The first-order valence-electron chi connectivity index (χ1n) is 4.76. The summed E-state index contributed by atoms with van der Waals surface area (Å²) < 4.78 is 0. The fourth-order valence-corrected chi connectivity index (χ4v) is 1.12. The summed E-state index contributed by atoms with van der Waals surface area (Å²) in [5.74, 6) is 0. The molecule has 0 heterocycles. The van der Waals surface area contributed by atoms with Crippen LogP contribution in [0.15, 0.2) is 0 Å². The highest BCUT2D eigenvalue weighted by Gasteiger charge is 2.04. The van der Waals surface area contributed by atoms with Crippen LogP contribution in [0.25, 0.3) is 0 Å². The van der Waals surface area contributed by atoms with Crippen molar-refractivity contribution < 1.29 is 10.2 Å². The quantitative estimate of drug-likeness (QED) is 0.528. The van der Waals surface area contributed by atoms with E-state index in [1.807, 2.05) is 0 Å². The zero-order valence-electron chi connectivity index (χ0n) is 8.08. The lowest BCUT2D eigenvalue weighted by Crippen LogP contribution is -2.31. The summed E-state index contributed by atoms with van der Waals surface area (Å²) >= 11 is 0. The molecule has 74 valence electrons. The third kappa shape index (κ3) is 5.52. The third-order valence-corrected chi connectivity index (χ3v) is 2.11. The number of hydrogen-bond donors (Lipinski definition) is 3. The van der Waals surface area contributed by atoms with Crippen LogP contribution in [-0.2, 0) is 0 Å². The Labute approximate surface area is 74.8 Å². The van der Waals surface area contributed by atoms with Gasteiger partial charge in [0.05, 0.1) is 12.7 Å². The highest BCUT2D eigenvalue weighted by atomic mass is 16.3. The lowest BCUT2D eigenvalue weighted by molar-refractivity contribution is 0.0876. The Balaban J connectivity index is 3.28. The van der Waals surface area contributed by atoms with Gasteiger partial charge in [-0.15, -0.1) is 0 Å². The molecule has 0 aromatic carbocycles. The Morgan fingerprint density at radius 3 is 2.25 bits per heavy atom. The lowest BCUT2D eigenvalue weighted by Gasteiger charge is -2.15. The summed E-state index contributed by atoms with van der Waals surface area (Å²) in [4.78, 5) is 0. The van der Waals surface area contributed by atoms with E-state index >= 15 is 0 Å². The van der Waals surface area contributed by atoms with Crippen molar-refractivity contribution in [2.45, 2.75) is 45.3 Å². The molecule has 0 saturated heterocycles. The standard InChI is InChI=1S/C9H21NO2/c1-3-8(4-2)10-6-5-9(12)7-11/h8-12H,3-7H2,1-2H3/t9-/m0/s1. The maximum Gasteiger partial charge on any atom is 0.0783 e. The average Bonchev–Trinajstić information content (AvgIpc) is 2.12. The van der Waals surface area contributed by atoms with Crippen molar-refractivity contribution >= 4 is 0 Å². The van der Waals surface area contributed by atoms with E-state index < -0.39 is 6.10 Å². The van der Waals surface area contributed by atoms with Crippen LogP contribution in [-0.4, -0.2) is 35.5 Å². The summed E-state index contributed by atoms with van der Waals surface area (Å²) in [5, 5.41) is 20.9. The fraction of sp³-hybridized carbons (Fsp3) is 1.00. The molecule has 0 aromatic rings.